The molecule has 35 heavy (non-hydrogen) atoms. The Bertz CT molecular complexity index is 1320. The molecule has 3 aromatic heterocycles. The van der Waals surface area contributed by atoms with Crippen LogP contribution in [0.25, 0.3) is 5.82 Å². The van der Waals surface area contributed by atoms with Crippen molar-refractivity contribution in [3.8, 4) is 11.7 Å². The van der Waals surface area contributed by atoms with Gasteiger partial charge in [0, 0.05) is 12.7 Å². The third-order valence-corrected chi connectivity index (χ3v) is 4.74. The number of nitrogens with zero attached hydrogens (tertiary/aromatic N) is 5. The van der Waals surface area contributed by atoms with Gasteiger partial charge < -0.3 is 15.2 Å². The first-order valence-electron chi connectivity index (χ1n) is 10.0. The topological polar surface area (TPSA) is 124 Å². The number of rotatable bonds is 7. The fraction of sp³-hybridized carbons (Fsp3) is 0.350. The maximum absolute atomic E-state index is 15.0. The van der Waals surface area contributed by atoms with Crippen LogP contribution in [0.4, 0.5) is 27.6 Å². The molecule has 0 aliphatic heterocycles. The van der Waals surface area contributed by atoms with E-state index in [9.17, 15) is 36.6 Å². The lowest BCUT2D eigenvalue weighted by molar-refractivity contribution is -0.190. The van der Waals surface area contributed by atoms with Crippen molar-refractivity contribution in [2.45, 2.75) is 46.2 Å². The van der Waals surface area contributed by atoms with Gasteiger partial charge in [-0.25, -0.2) is 14.2 Å². The Labute approximate surface area is 194 Å². The zero-order chi connectivity index (χ0) is 26.1. The quantitative estimate of drug-likeness (QED) is 0.376. The van der Waals surface area contributed by atoms with E-state index >= 15 is 0 Å². The highest BCUT2D eigenvalue weighted by atomic mass is 19.4. The van der Waals surface area contributed by atoms with Crippen LogP contribution in [0.15, 0.2) is 23.1 Å². The first kappa shape index (κ1) is 25.7. The van der Waals surface area contributed by atoms with E-state index in [1.807, 2.05) is 0 Å². The molecule has 0 bridgehead atoms. The number of nitrogens with one attached hydrogen (secondary N) is 1. The van der Waals surface area contributed by atoms with Crippen molar-refractivity contribution in [3.63, 3.8) is 0 Å². The number of amides is 1. The Morgan fingerprint density at radius 1 is 1.29 bits per heavy atom. The summed E-state index contributed by atoms with van der Waals surface area (Å²) in [5.41, 5.74) is -1.72. The molecule has 0 aliphatic rings. The molecule has 15 heteroatoms. The number of aliphatic hydroxyl groups excluding tert-OH is 1. The van der Waals surface area contributed by atoms with Crippen LogP contribution < -0.4 is 15.7 Å². The van der Waals surface area contributed by atoms with Gasteiger partial charge in [0.2, 0.25) is 11.8 Å². The molecule has 2 N–H and O–H groups in total. The summed E-state index contributed by atoms with van der Waals surface area (Å²) < 4.78 is 74.6. The lowest BCUT2D eigenvalue weighted by Gasteiger charge is -2.19. The van der Waals surface area contributed by atoms with E-state index in [-0.39, 0.29) is 12.4 Å². The summed E-state index contributed by atoms with van der Waals surface area (Å²) in [5, 5.41) is 15.2. The van der Waals surface area contributed by atoms with E-state index in [0.29, 0.717) is 23.2 Å². The van der Waals surface area contributed by atoms with Gasteiger partial charge in [0.1, 0.15) is 12.2 Å². The summed E-state index contributed by atoms with van der Waals surface area (Å²) in [4.78, 5) is 32.3. The second kappa shape index (κ2) is 9.77. The number of hydrogen-bond acceptors (Lipinski definition) is 7. The fourth-order valence-electron chi connectivity index (χ4n) is 2.94. The molecule has 0 aromatic carbocycles. The summed E-state index contributed by atoms with van der Waals surface area (Å²) in [7, 11) is 0. The average molecular weight is 502 g/mol. The van der Waals surface area contributed by atoms with Crippen molar-refractivity contribution >= 4 is 11.6 Å². The second-order valence-corrected chi connectivity index (χ2v) is 7.27. The second-order valence-electron chi connectivity index (χ2n) is 7.27. The number of carbonyl (C=O) groups excluding carboxylic acids is 1. The number of aliphatic hydroxyl groups is 1. The van der Waals surface area contributed by atoms with Gasteiger partial charge in [-0.1, -0.05) is 0 Å². The number of aryl methyl sites for hydroxylation is 1. The summed E-state index contributed by atoms with van der Waals surface area (Å²) in [6.07, 6.45) is -6.20. The Hall–Kier alpha value is -3.88. The van der Waals surface area contributed by atoms with Crippen molar-refractivity contribution in [3.05, 3.63) is 57.5 Å². The van der Waals surface area contributed by atoms with Gasteiger partial charge in [-0.3, -0.25) is 9.36 Å². The summed E-state index contributed by atoms with van der Waals surface area (Å²) in [6.45, 7) is 3.07. The van der Waals surface area contributed by atoms with Crippen LogP contribution in [0.5, 0.6) is 5.88 Å². The van der Waals surface area contributed by atoms with Gasteiger partial charge in [0.15, 0.2) is 23.6 Å². The largest absolute Gasteiger partial charge is 0.464 e. The van der Waals surface area contributed by atoms with Crippen LogP contribution in [0.1, 0.15) is 35.6 Å². The molecule has 1 amide bonds. The van der Waals surface area contributed by atoms with E-state index in [0.717, 1.165) is 4.57 Å². The molecule has 0 radical (unpaired) electrons. The third kappa shape index (κ3) is 5.29. The number of aromatic nitrogens is 5. The van der Waals surface area contributed by atoms with Crippen LogP contribution in [-0.4, -0.2) is 47.6 Å². The number of carbonyl (C=O) groups is 1. The summed E-state index contributed by atoms with van der Waals surface area (Å²) >= 11 is 0. The average Bonchev–Trinajstić information content (AvgIpc) is 3.11. The Morgan fingerprint density at radius 2 is 1.97 bits per heavy atom. The molecule has 0 fully saturated rings. The fourth-order valence-corrected chi connectivity index (χ4v) is 2.94. The SMILES string of the molecule is CCn1c(CO)nn(-c2nc(OC(C)C(F)(F)F)c(C(=O)Nc3cc(C)cnc3F)cc2F)c1=O. The molecule has 3 rings (SSSR count). The van der Waals surface area contributed by atoms with E-state index in [1.54, 1.807) is 13.8 Å². The van der Waals surface area contributed by atoms with E-state index in [4.69, 9.17) is 4.74 Å². The molecule has 3 aromatic rings. The van der Waals surface area contributed by atoms with Crippen molar-refractivity contribution < 1.29 is 36.6 Å². The van der Waals surface area contributed by atoms with Crippen molar-refractivity contribution in [2.75, 3.05) is 5.32 Å². The molecule has 3 heterocycles. The highest BCUT2D eigenvalue weighted by Crippen LogP contribution is 2.28. The maximum Gasteiger partial charge on any atom is 0.425 e. The van der Waals surface area contributed by atoms with Gasteiger partial charge in [0.25, 0.3) is 5.91 Å². The van der Waals surface area contributed by atoms with Gasteiger partial charge in [-0.2, -0.15) is 27.2 Å². The molecule has 0 aliphatic carbocycles. The predicted octanol–water partition coefficient (Wildman–Crippen LogP) is 2.50. The lowest BCUT2D eigenvalue weighted by atomic mass is 10.2. The van der Waals surface area contributed by atoms with Crippen LogP contribution in [-0.2, 0) is 13.2 Å². The van der Waals surface area contributed by atoms with E-state index < -0.39 is 65.2 Å². The van der Waals surface area contributed by atoms with Gasteiger partial charge >= 0.3 is 11.9 Å². The molecule has 10 nitrogen and oxygen atoms in total. The Balaban J connectivity index is 2.14. The van der Waals surface area contributed by atoms with Crippen molar-refractivity contribution in [1.82, 2.24) is 24.3 Å². The molecule has 0 saturated carbocycles. The van der Waals surface area contributed by atoms with Gasteiger partial charge in [0.05, 0.1) is 5.69 Å². The summed E-state index contributed by atoms with van der Waals surface area (Å²) in [6, 6.07) is 1.68. The standard InChI is InChI=1S/C20H19F5N6O4/c1-4-30-14(8-32)29-31(19(30)34)16-12(21)6-11(18(28-16)35-10(3)20(23,24)25)17(33)27-13-5-9(2)7-26-15(13)22/h5-7,10,32H,4,8H2,1-3H3,(H,27,33). The number of halogens is 5. The lowest BCUT2D eigenvalue weighted by Crippen LogP contribution is -2.33. The zero-order valence-corrected chi connectivity index (χ0v) is 18.5. The minimum atomic E-state index is -4.89. The van der Waals surface area contributed by atoms with E-state index in [2.05, 4.69) is 20.4 Å². The number of ether oxygens (including phenoxy) is 1. The number of pyridine rings is 2. The number of hydrogen-bond donors (Lipinski definition) is 2. The highest BCUT2D eigenvalue weighted by Gasteiger charge is 2.39. The van der Waals surface area contributed by atoms with Crippen LogP contribution in [0.3, 0.4) is 0 Å². The van der Waals surface area contributed by atoms with Crippen LogP contribution in [0.2, 0.25) is 0 Å². The molecule has 0 saturated heterocycles. The van der Waals surface area contributed by atoms with Gasteiger partial charge in [-0.15, -0.1) is 5.10 Å². The predicted molar refractivity (Wildman–Crippen MR) is 110 cm³/mol. The third-order valence-electron chi connectivity index (χ3n) is 4.74. The van der Waals surface area contributed by atoms with Crippen LogP contribution in [0, 0.1) is 18.7 Å². The van der Waals surface area contributed by atoms with Gasteiger partial charge in [-0.05, 0) is 38.5 Å². The molecular formula is C20H19F5N6O4. The smallest absolute Gasteiger partial charge is 0.425 e. The number of anilines is 1. The minimum absolute atomic E-state index is 0.0430. The zero-order valence-electron chi connectivity index (χ0n) is 18.5. The molecule has 1 unspecified atom stereocenters. The normalized spacial score (nSPS) is 12.5. The van der Waals surface area contributed by atoms with E-state index in [1.165, 1.54) is 12.3 Å². The number of alkyl halides is 3. The monoisotopic (exact) mass is 502 g/mol. The first-order chi connectivity index (χ1) is 16.4. The summed E-state index contributed by atoms with van der Waals surface area (Å²) in [5.74, 6) is -5.68. The highest BCUT2D eigenvalue weighted by molar-refractivity contribution is 6.06. The molecule has 1 atom stereocenters. The molecular weight excluding hydrogens is 483 g/mol. The maximum atomic E-state index is 15.0. The van der Waals surface area contributed by atoms with Crippen molar-refractivity contribution in [1.29, 1.82) is 0 Å². The van der Waals surface area contributed by atoms with Crippen molar-refractivity contribution in [2.24, 2.45) is 0 Å². The first-order valence-corrected chi connectivity index (χ1v) is 10.0. The minimum Gasteiger partial charge on any atom is -0.464 e. The Morgan fingerprint density at radius 3 is 2.54 bits per heavy atom. The molecule has 0 spiro atoms. The Kier molecular flexibility index (Phi) is 7.19. The van der Waals surface area contributed by atoms with Crippen LogP contribution >= 0.6 is 0 Å². The molecule has 188 valence electrons.